The van der Waals surface area contributed by atoms with Gasteiger partial charge in [0, 0.05) is 23.1 Å². The minimum Gasteiger partial charge on any atom is -0.320 e. The second kappa shape index (κ2) is 10.3. The van der Waals surface area contributed by atoms with E-state index in [2.05, 4.69) is 6.92 Å². The lowest BCUT2D eigenvalue weighted by atomic mass is 10.2. The highest BCUT2D eigenvalue weighted by atomic mass is 35.5. The summed E-state index contributed by atoms with van der Waals surface area (Å²) in [5.41, 5.74) is 2.51. The zero-order valence-corrected chi connectivity index (χ0v) is 17.9. The molecule has 0 radical (unpaired) electrons. The van der Waals surface area contributed by atoms with E-state index in [-0.39, 0.29) is 6.03 Å². The normalized spacial score (nSPS) is 10.6. The number of urea groups is 1. The molecular formula is C24H24Cl2N2O. The van der Waals surface area contributed by atoms with E-state index in [1.807, 2.05) is 65.6 Å². The lowest BCUT2D eigenvalue weighted by Crippen LogP contribution is -2.41. The highest BCUT2D eigenvalue weighted by Crippen LogP contribution is 2.32. The number of halogens is 2. The number of rotatable bonds is 7. The van der Waals surface area contributed by atoms with Crippen LogP contribution in [0.5, 0.6) is 0 Å². The van der Waals surface area contributed by atoms with Gasteiger partial charge in [0.25, 0.3) is 0 Å². The molecule has 0 N–H and O–H groups in total. The zero-order valence-electron chi connectivity index (χ0n) is 16.4. The summed E-state index contributed by atoms with van der Waals surface area (Å²) in [6.07, 6.45) is 1.93. The summed E-state index contributed by atoms with van der Waals surface area (Å²) in [5, 5.41) is 0.980. The minimum absolute atomic E-state index is 0.105. The van der Waals surface area contributed by atoms with Gasteiger partial charge in [0.2, 0.25) is 0 Å². The van der Waals surface area contributed by atoms with Crippen LogP contribution in [0.2, 0.25) is 10.0 Å². The van der Waals surface area contributed by atoms with Crippen LogP contribution < -0.4 is 4.90 Å². The number of carbonyl (C=O) groups excluding carboxylic acids is 1. The number of hydrogen-bond acceptors (Lipinski definition) is 1. The molecule has 0 spiro atoms. The van der Waals surface area contributed by atoms with E-state index in [4.69, 9.17) is 23.2 Å². The van der Waals surface area contributed by atoms with Crippen molar-refractivity contribution >= 4 is 40.6 Å². The molecule has 3 aromatic rings. The average molecular weight is 427 g/mol. The quantitative estimate of drug-likeness (QED) is 0.382. The van der Waals surface area contributed by atoms with Gasteiger partial charge in [0.15, 0.2) is 0 Å². The molecule has 0 bridgehead atoms. The number of unbranched alkanes of at least 4 members (excludes halogenated alkanes) is 1. The molecule has 150 valence electrons. The molecule has 0 aliphatic carbocycles. The summed E-state index contributed by atoms with van der Waals surface area (Å²) < 4.78 is 0. The smallest absolute Gasteiger partial charge is 0.320 e. The van der Waals surface area contributed by atoms with Gasteiger partial charge in [-0.25, -0.2) is 4.79 Å². The number of amides is 2. The summed E-state index contributed by atoms with van der Waals surface area (Å²) >= 11 is 12.5. The molecule has 2 amide bonds. The first-order chi connectivity index (χ1) is 14.1. The van der Waals surface area contributed by atoms with E-state index in [1.54, 1.807) is 23.1 Å². The van der Waals surface area contributed by atoms with Crippen molar-refractivity contribution in [3.05, 3.63) is 94.5 Å². The maximum atomic E-state index is 13.7. The molecular weight excluding hydrogens is 403 g/mol. The van der Waals surface area contributed by atoms with Gasteiger partial charge in [0.1, 0.15) is 0 Å². The number of carbonyl (C=O) groups is 1. The van der Waals surface area contributed by atoms with E-state index in [0.29, 0.717) is 28.8 Å². The molecule has 0 aliphatic rings. The summed E-state index contributed by atoms with van der Waals surface area (Å²) in [6.45, 7) is 3.33. The first-order valence-corrected chi connectivity index (χ1v) is 10.5. The van der Waals surface area contributed by atoms with Gasteiger partial charge < -0.3 is 4.90 Å². The van der Waals surface area contributed by atoms with Crippen LogP contribution in [0, 0.1) is 0 Å². The van der Waals surface area contributed by atoms with E-state index in [0.717, 1.165) is 24.1 Å². The van der Waals surface area contributed by atoms with Crippen LogP contribution in [0.3, 0.4) is 0 Å². The van der Waals surface area contributed by atoms with Crippen LogP contribution in [0.25, 0.3) is 0 Å². The van der Waals surface area contributed by atoms with Gasteiger partial charge in [0.05, 0.1) is 11.4 Å². The van der Waals surface area contributed by atoms with Crippen molar-refractivity contribution < 1.29 is 4.79 Å². The molecule has 29 heavy (non-hydrogen) atoms. The van der Waals surface area contributed by atoms with Gasteiger partial charge in [-0.3, -0.25) is 4.90 Å². The molecule has 0 aromatic heterocycles. The van der Waals surface area contributed by atoms with Gasteiger partial charge >= 0.3 is 6.03 Å². The number of hydrogen-bond donors (Lipinski definition) is 0. The predicted molar refractivity (Wildman–Crippen MR) is 122 cm³/mol. The van der Waals surface area contributed by atoms with Crippen molar-refractivity contribution in [2.75, 3.05) is 11.4 Å². The SMILES string of the molecule is CCCCN(Cc1ccccc1)C(=O)N(c1ccccc1)c1cc(Cl)cc(Cl)c1. The zero-order chi connectivity index (χ0) is 20.6. The standard InChI is InChI=1S/C24H24Cl2N2O/c1-2-3-14-27(18-19-10-6-4-7-11-19)24(29)28(22-12-8-5-9-13-22)23-16-20(25)15-21(26)17-23/h4-13,15-17H,2-3,14,18H2,1H3. The van der Waals surface area contributed by atoms with Crippen molar-refractivity contribution in [3.8, 4) is 0 Å². The Kier molecular flexibility index (Phi) is 7.56. The highest BCUT2D eigenvalue weighted by Gasteiger charge is 2.24. The molecule has 5 heteroatoms. The topological polar surface area (TPSA) is 23.6 Å². The number of para-hydroxylation sites is 1. The van der Waals surface area contributed by atoms with Crippen LogP contribution in [-0.2, 0) is 6.54 Å². The molecule has 3 rings (SSSR count). The number of nitrogens with zero attached hydrogens (tertiary/aromatic N) is 2. The summed E-state index contributed by atoms with van der Waals surface area (Å²) in [7, 11) is 0. The van der Waals surface area contributed by atoms with Gasteiger partial charge in [-0.15, -0.1) is 0 Å². The fourth-order valence-corrected chi connectivity index (χ4v) is 3.67. The first kappa shape index (κ1) is 21.2. The van der Waals surface area contributed by atoms with Crippen LogP contribution in [0.4, 0.5) is 16.2 Å². The molecule has 0 saturated heterocycles. The number of anilines is 2. The van der Waals surface area contributed by atoms with E-state index >= 15 is 0 Å². The van der Waals surface area contributed by atoms with Gasteiger partial charge in [-0.1, -0.05) is 85.1 Å². The maximum absolute atomic E-state index is 13.7. The van der Waals surface area contributed by atoms with Crippen LogP contribution in [0.15, 0.2) is 78.9 Å². The first-order valence-electron chi connectivity index (χ1n) is 9.72. The fraction of sp³-hybridized carbons (Fsp3) is 0.208. The third-order valence-electron chi connectivity index (χ3n) is 4.58. The van der Waals surface area contributed by atoms with Crippen LogP contribution in [0.1, 0.15) is 25.3 Å². The largest absolute Gasteiger partial charge is 0.329 e. The maximum Gasteiger partial charge on any atom is 0.329 e. The van der Waals surface area contributed by atoms with Crippen molar-refractivity contribution in [1.82, 2.24) is 4.90 Å². The molecule has 3 nitrogen and oxygen atoms in total. The second-order valence-corrected chi connectivity index (χ2v) is 7.71. The number of benzene rings is 3. The summed E-state index contributed by atoms with van der Waals surface area (Å²) in [5.74, 6) is 0. The molecule has 0 fully saturated rings. The lowest BCUT2D eigenvalue weighted by molar-refractivity contribution is 0.203. The Hall–Kier alpha value is -2.49. The van der Waals surface area contributed by atoms with E-state index in [9.17, 15) is 4.79 Å². The summed E-state index contributed by atoms with van der Waals surface area (Å²) in [6, 6.07) is 24.7. The Morgan fingerprint density at radius 2 is 1.41 bits per heavy atom. The molecule has 0 saturated carbocycles. The Morgan fingerprint density at radius 1 is 0.828 bits per heavy atom. The Labute approximate surface area is 182 Å². The third kappa shape index (κ3) is 5.75. The monoisotopic (exact) mass is 426 g/mol. The second-order valence-electron chi connectivity index (χ2n) is 6.84. The predicted octanol–water partition coefficient (Wildman–Crippen LogP) is 7.55. The average Bonchev–Trinajstić information content (AvgIpc) is 2.72. The molecule has 0 unspecified atom stereocenters. The van der Waals surface area contributed by atoms with Crippen molar-refractivity contribution in [3.63, 3.8) is 0 Å². The summed E-state index contributed by atoms with van der Waals surface area (Å²) in [4.78, 5) is 17.3. The van der Waals surface area contributed by atoms with Crippen LogP contribution >= 0.6 is 23.2 Å². The van der Waals surface area contributed by atoms with Crippen molar-refractivity contribution in [1.29, 1.82) is 0 Å². The van der Waals surface area contributed by atoms with Crippen molar-refractivity contribution in [2.45, 2.75) is 26.3 Å². The van der Waals surface area contributed by atoms with Gasteiger partial charge in [-0.05, 0) is 42.3 Å². The van der Waals surface area contributed by atoms with E-state index in [1.165, 1.54) is 0 Å². The molecule has 0 aliphatic heterocycles. The molecule has 0 atom stereocenters. The van der Waals surface area contributed by atoms with E-state index < -0.39 is 0 Å². The Morgan fingerprint density at radius 3 is 2.00 bits per heavy atom. The lowest BCUT2D eigenvalue weighted by Gasteiger charge is -2.31. The Balaban J connectivity index is 2.00. The Bertz CT molecular complexity index is 912. The minimum atomic E-state index is -0.105. The third-order valence-corrected chi connectivity index (χ3v) is 5.02. The van der Waals surface area contributed by atoms with Crippen molar-refractivity contribution in [2.24, 2.45) is 0 Å². The van der Waals surface area contributed by atoms with Gasteiger partial charge in [-0.2, -0.15) is 0 Å². The molecule has 0 heterocycles. The highest BCUT2D eigenvalue weighted by molar-refractivity contribution is 6.35. The molecule has 3 aromatic carbocycles. The fourth-order valence-electron chi connectivity index (χ4n) is 3.15. The van der Waals surface area contributed by atoms with Crippen LogP contribution in [-0.4, -0.2) is 17.5 Å².